The number of nitro benzene ring substituents is 1. The van der Waals surface area contributed by atoms with Crippen molar-refractivity contribution in [3.8, 4) is 0 Å². The molecule has 1 N–H and O–H groups in total. The van der Waals surface area contributed by atoms with Crippen LogP contribution in [0.4, 0.5) is 11.4 Å². The number of rotatable bonds is 4. The van der Waals surface area contributed by atoms with Crippen LogP contribution in [0.1, 0.15) is 11.1 Å². The molecule has 104 valence electrons. The number of aryl methyl sites for hydroxylation is 1. The topological polar surface area (TPSA) is 55.2 Å². The third-order valence-electron chi connectivity index (χ3n) is 2.94. The Hall–Kier alpha value is -1.78. The van der Waals surface area contributed by atoms with Crippen LogP contribution in [0.25, 0.3) is 0 Å². The number of non-ortho nitro benzene ring substituents is 1. The van der Waals surface area contributed by atoms with Gasteiger partial charge in [0.25, 0.3) is 5.69 Å². The van der Waals surface area contributed by atoms with E-state index in [9.17, 15) is 10.1 Å². The van der Waals surface area contributed by atoms with Crippen LogP contribution in [0.5, 0.6) is 0 Å². The van der Waals surface area contributed by atoms with Crippen molar-refractivity contribution >= 4 is 34.6 Å². The summed E-state index contributed by atoms with van der Waals surface area (Å²) < 4.78 is 0. The van der Waals surface area contributed by atoms with Crippen LogP contribution in [0.2, 0.25) is 10.0 Å². The second-order valence-corrected chi connectivity index (χ2v) is 5.19. The van der Waals surface area contributed by atoms with Crippen molar-refractivity contribution in [2.75, 3.05) is 5.32 Å². The maximum Gasteiger partial charge on any atom is 0.271 e. The normalized spacial score (nSPS) is 10.3. The minimum absolute atomic E-state index is 0.0248. The van der Waals surface area contributed by atoms with Crippen LogP contribution in [0, 0.1) is 17.0 Å². The zero-order valence-corrected chi connectivity index (χ0v) is 12.2. The van der Waals surface area contributed by atoms with Gasteiger partial charge in [0, 0.05) is 23.7 Å². The number of nitrogens with zero attached hydrogens (tertiary/aromatic N) is 1. The Kier molecular flexibility index (Phi) is 4.47. The zero-order valence-electron chi connectivity index (χ0n) is 10.7. The third kappa shape index (κ3) is 3.40. The summed E-state index contributed by atoms with van der Waals surface area (Å²) in [7, 11) is 0. The molecule has 0 fully saturated rings. The molecule has 2 aromatic rings. The number of nitrogens with one attached hydrogen (secondary N) is 1. The van der Waals surface area contributed by atoms with Gasteiger partial charge in [0.05, 0.1) is 15.6 Å². The Morgan fingerprint density at radius 2 is 1.95 bits per heavy atom. The first-order valence-corrected chi connectivity index (χ1v) is 6.66. The van der Waals surface area contributed by atoms with E-state index in [0.29, 0.717) is 22.3 Å². The van der Waals surface area contributed by atoms with E-state index in [1.54, 1.807) is 6.07 Å². The Labute approximate surface area is 126 Å². The SMILES string of the molecule is Cc1cc(Cl)ccc1CNc1ccc([N+](=O)[O-])cc1Cl. The summed E-state index contributed by atoms with van der Waals surface area (Å²) in [4.78, 5) is 10.2. The highest BCUT2D eigenvalue weighted by Gasteiger charge is 2.09. The van der Waals surface area contributed by atoms with Crippen LogP contribution in [-0.4, -0.2) is 4.92 Å². The van der Waals surface area contributed by atoms with E-state index in [1.807, 2.05) is 25.1 Å². The fourth-order valence-electron chi connectivity index (χ4n) is 1.81. The Morgan fingerprint density at radius 3 is 2.55 bits per heavy atom. The van der Waals surface area contributed by atoms with E-state index in [4.69, 9.17) is 23.2 Å². The Balaban J connectivity index is 2.13. The molecule has 0 atom stereocenters. The molecule has 0 aromatic heterocycles. The number of nitro groups is 1. The van der Waals surface area contributed by atoms with Crippen molar-refractivity contribution in [1.29, 1.82) is 0 Å². The predicted molar refractivity (Wildman–Crippen MR) is 81.6 cm³/mol. The van der Waals surface area contributed by atoms with Gasteiger partial charge in [-0.3, -0.25) is 10.1 Å². The van der Waals surface area contributed by atoms with E-state index in [-0.39, 0.29) is 5.69 Å². The predicted octanol–water partition coefficient (Wildman–Crippen LogP) is 4.82. The fourth-order valence-corrected chi connectivity index (χ4v) is 2.28. The van der Waals surface area contributed by atoms with Gasteiger partial charge in [-0.1, -0.05) is 29.3 Å². The lowest BCUT2D eigenvalue weighted by Crippen LogP contribution is -2.02. The Bertz CT molecular complexity index is 660. The van der Waals surface area contributed by atoms with Gasteiger partial charge in [0.15, 0.2) is 0 Å². The Morgan fingerprint density at radius 1 is 1.20 bits per heavy atom. The molecule has 0 bridgehead atoms. The lowest BCUT2D eigenvalue weighted by Gasteiger charge is -2.10. The van der Waals surface area contributed by atoms with E-state index < -0.39 is 4.92 Å². The minimum atomic E-state index is -0.473. The van der Waals surface area contributed by atoms with Crippen molar-refractivity contribution < 1.29 is 4.92 Å². The summed E-state index contributed by atoms with van der Waals surface area (Å²) in [5, 5.41) is 14.8. The molecule has 2 rings (SSSR count). The van der Waals surface area contributed by atoms with Gasteiger partial charge in [-0.05, 0) is 36.2 Å². The molecule has 0 saturated heterocycles. The molecule has 0 aliphatic heterocycles. The van der Waals surface area contributed by atoms with Gasteiger partial charge in [-0.15, -0.1) is 0 Å². The number of halogens is 2. The van der Waals surface area contributed by atoms with Crippen molar-refractivity contribution in [2.45, 2.75) is 13.5 Å². The fraction of sp³-hybridized carbons (Fsp3) is 0.143. The monoisotopic (exact) mass is 310 g/mol. The summed E-state index contributed by atoms with van der Waals surface area (Å²) >= 11 is 11.9. The number of hydrogen-bond acceptors (Lipinski definition) is 3. The van der Waals surface area contributed by atoms with Gasteiger partial charge < -0.3 is 5.32 Å². The highest BCUT2D eigenvalue weighted by atomic mass is 35.5. The molecule has 4 nitrogen and oxygen atoms in total. The van der Waals surface area contributed by atoms with Gasteiger partial charge >= 0.3 is 0 Å². The van der Waals surface area contributed by atoms with E-state index in [0.717, 1.165) is 11.1 Å². The van der Waals surface area contributed by atoms with E-state index >= 15 is 0 Å². The molecule has 0 spiro atoms. The minimum Gasteiger partial charge on any atom is -0.380 e. The molecule has 20 heavy (non-hydrogen) atoms. The summed E-state index contributed by atoms with van der Waals surface area (Å²) in [6.07, 6.45) is 0. The summed E-state index contributed by atoms with van der Waals surface area (Å²) in [5.74, 6) is 0. The van der Waals surface area contributed by atoms with Gasteiger partial charge in [0.1, 0.15) is 0 Å². The molecule has 0 heterocycles. The van der Waals surface area contributed by atoms with Crippen LogP contribution in [-0.2, 0) is 6.54 Å². The lowest BCUT2D eigenvalue weighted by molar-refractivity contribution is -0.384. The molecule has 0 amide bonds. The molecule has 0 saturated carbocycles. The highest BCUT2D eigenvalue weighted by molar-refractivity contribution is 6.33. The lowest BCUT2D eigenvalue weighted by atomic mass is 10.1. The standard InChI is InChI=1S/C14H12Cl2N2O2/c1-9-6-11(15)3-2-10(9)8-17-14-5-4-12(18(19)20)7-13(14)16/h2-7,17H,8H2,1H3. The van der Waals surface area contributed by atoms with Crippen molar-refractivity contribution in [2.24, 2.45) is 0 Å². The molecule has 0 aliphatic carbocycles. The second kappa shape index (κ2) is 6.11. The maximum absolute atomic E-state index is 10.6. The molecule has 6 heteroatoms. The van der Waals surface area contributed by atoms with E-state index in [2.05, 4.69) is 5.32 Å². The number of benzene rings is 2. The average molecular weight is 311 g/mol. The van der Waals surface area contributed by atoms with Crippen LogP contribution in [0.15, 0.2) is 36.4 Å². The first-order valence-electron chi connectivity index (χ1n) is 5.90. The van der Waals surface area contributed by atoms with Crippen molar-refractivity contribution in [3.63, 3.8) is 0 Å². The first-order chi connectivity index (χ1) is 9.47. The molecular formula is C14H12Cl2N2O2. The third-order valence-corrected chi connectivity index (χ3v) is 3.49. The molecular weight excluding hydrogens is 299 g/mol. The number of anilines is 1. The van der Waals surface area contributed by atoms with E-state index in [1.165, 1.54) is 12.1 Å². The molecule has 2 aromatic carbocycles. The summed E-state index contributed by atoms with van der Waals surface area (Å²) in [6, 6.07) is 10.00. The second-order valence-electron chi connectivity index (χ2n) is 4.35. The molecule has 0 aliphatic rings. The molecule has 0 unspecified atom stereocenters. The van der Waals surface area contributed by atoms with Gasteiger partial charge in [0.2, 0.25) is 0 Å². The van der Waals surface area contributed by atoms with Crippen molar-refractivity contribution in [1.82, 2.24) is 0 Å². The zero-order chi connectivity index (χ0) is 14.7. The smallest absolute Gasteiger partial charge is 0.271 e. The molecule has 0 radical (unpaired) electrons. The van der Waals surface area contributed by atoms with Crippen LogP contribution in [0.3, 0.4) is 0 Å². The van der Waals surface area contributed by atoms with Gasteiger partial charge in [-0.25, -0.2) is 0 Å². The average Bonchev–Trinajstić information content (AvgIpc) is 2.38. The largest absolute Gasteiger partial charge is 0.380 e. The first kappa shape index (κ1) is 14.6. The maximum atomic E-state index is 10.6. The van der Waals surface area contributed by atoms with Gasteiger partial charge in [-0.2, -0.15) is 0 Å². The van der Waals surface area contributed by atoms with Crippen LogP contribution >= 0.6 is 23.2 Å². The quantitative estimate of drug-likeness (QED) is 0.650. The summed E-state index contributed by atoms with van der Waals surface area (Å²) in [6.45, 7) is 2.54. The highest BCUT2D eigenvalue weighted by Crippen LogP contribution is 2.27. The summed E-state index contributed by atoms with van der Waals surface area (Å²) in [5.41, 5.74) is 2.79. The number of hydrogen-bond donors (Lipinski definition) is 1. The van der Waals surface area contributed by atoms with Crippen molar-refractivity contribution in [3.05, 3.63) is 67.7 Å². The van der Waals surface area contributed by atoms with Crippen LogP contribution < -0.4 is 5.32 Å².